The molecule has 1 unspecified atom stereocenters. The minimum atomic E-state index is -0.624. The molecule has 4 heteroatoms. The molecule has 84 valence electrons. The molecule has 0 heterocycles. The number of rotatable bonds is 4. The van der Waals surface area contributed by atoms with Crippen LogP contribution in [0, 0.1) is 0 Å². The second-order valence-electron chi connectivity index (χ2n) is 4.27. The summed E-state index contributed by atoms with van der Waals surface area (Å²) in [7, 11) is 0. The molecule has 2 N–H and O–H groups in total. The highest BCUT2D eigenvalue weighted by molar-refractivity contribution is 5.60. The topological polar surface area (TPSA) is 61.5 Å². The average molecular weight is 203 g/mol. The smallest absolute Gasteiger partial charge is 0.434 e. The largest absolute Gasteiger partial charge is 0.508 e. The molecule has 0 rings (SSSR count). The maximum absolute atomic E-state index is 11.0. The fraction of sp³-hybridized carbons (Fsp3) is 0.900. The molecule has 0 saturated heterocycles. The van der Waals surface area contributed by atoms with Crippen molar-refractivity contribution in [1.29, 1.82) is 0 Å². The van der Waals surface area contributed by atoms with Crippen LogP contribution < -0.4 is 5.73 Å². The van der Waals surface area contributed by atoms with Gasteiger partial charge in [0.25, 0.3) is 0 Å². The van der Waals surface area contributed by atoms with Crippen LogP contribution in [0.3, 0.4) is 0 Å². The summed E-state index contributed by atoms with van der Waals surface area (Å²) in [6.07, 6.45) is 0.939. The van der Waals surface area contributed by atoms with E-state index in [1.807, 2.05) is 6.92 Å². The molecule has 0 radical (unpaired) electrons. The molecule has 1 atom stereocenters. The fourth-order valence-corrected chi connectivity index (χ4v) is 0.777. The van der Waals surface area contributed by atoms with Gasteiger partial charge in [0.05, 0.1) is 6.61 Å². The molecule has 0 spiro atoms. The zero-order valence-corrected chi connectivity index (χ0v) is 9.50. The van der Waals surface area contributed by atoms with E-state index in [0.29, 0.717) is 13.0 Å². The Labute approximate surface area is 85.8 Å². The van der Waals surface area contributed by atoms with E-state index in [1.165, 1.54) is 0 Å². The van der Waals surface area contributed by atoms with Crippen LogP contribution in [-0.4, -0.2) is 24.4 Å². The summed E-state index contributed by atoms with van der Waals surface area (Å²) in [6.45, 7) is 7.71. The molecule has 0 aliphatic heterocycles. The highest BCUT2D eigenvalue weighted by Gasteiger charge is 2.17. The third kappa shape index (κ3) is 7.86. The van der Waals surface area contributed by atoms with Crippen LogP contribution in [0.25, 0.3) is 0 Å². The van der Waals surface area contributed by atoms with Gasteiger partial charge in [-0.1, -0.05) is 6.92 Å². The van der Waals surface area contributed by atoms with Crippen molar-refractivity contribution < 1.29 is 14.3 Å². The van der Waals surface area contributed by atoms with E-state index in [1.54, 1.807) is 20.8 Å². The normalized spacial score (nSPS) is 13.5. The monoisotopic (exact) mass is 203 g/mol. The molecule has 0 aromatic carbocycles. The highest BCUT2D eigenvalue weighted by Crippen LogP contribution is 2.08. The standard InChI is InChI=1S/C10H21NO3/c1-5-8(11)6-7-13-9(12)14-10(2,3)4/h8H,5-7,11H2,1-4H3. The molecule has 4 nitrogen and oxygen atoms in total. The third-order valence-electron chi connectivity index (χ3n) is 1.62. The number of carbonyl (C=O) groups excluding carboxylic acids is 1. The number of hydrogen-bond donors (Lipinski definition) is 1. The fourth-order valence-electron chi connectivity index (χ4n) is 0.777. The molecule has 0 saturated carbocycles. The lowest BCUT2D eigenvalue weighted by molar-refractivity contribution is -0.00805. The zero-order valence-electron chi connectivity index (χ0n) is 9.50. The van der Waals surface area contributed by atoms with Gasteiger partial charge in [-0.05, 0) is 33.6 Å². The van der Waals surface area contributed by atoms with Gasteiger partial charge in [-0.2, -0.15) is 0 Å². The van der Waals surface area contributed by atoms with Crippen LogP contribution >= 0.6 is 0 Å². The Bertz CT molecular complexity index is 175. The van der Waals surface area contributed by atoms with Crippen molar-refractivity contribution in [3.05, 3.63) is 0 Å². The average Bonchev–Trinajstić information content (AvgIpc) is 2.00. The summed E-state index contributed by atoms with van der Waals surface area (Å²) in [5.41, 5.74) is 5.16. The second kappa shape index (κ2) is 5.86. The van der Waals surface area contributed by atoms with Gasteiger partial charge < -0.3 is 15.2 Å². The Morgan fingerprint density at radius 3 is 2.43 bits per heavy atom. The van der Waals surface area contributed by atoms with Crippen molar-refractivity contribution in [3.63, 3.8) is 0 Å². The van der Waals surface area contributed by atoms with Crippen LogP contribution in [0.4, 0.5) is 4.79 Å². The van der Waals surface area contributed by atoms with Crippen molar-refractivity contribution in [1.82, 2.24) is 0 Å². The summed E-state index contributed by atoms with van der Waals surface area (Å²) >= 11 is 0. The molecular weight excluding hydrogens is 182 g/mol. The van der Waals surface area contributed by atoms with Gasteiger partial charge >= 0.3 is 6.16 Å². The zero-order chi connectivity index (χ0) is 11.2. The van der Waals surface area contributed by atoms with Gasteiger partial charge in [0.15, 0.2) is 0 Å². The van der Waals surface area contributed by atoms with Gasteiger partial charge in [-0.3, -0.25) is 0 Å². The first kappa shape index (κ1) is 13.2. The molecule has 0 aromatic rings. The van der Waals surface area contributed by atoms with Crippen molar-refractivity contribution in [2.75, 3.05) is 6.61 Å². The van der Waals surface area contributed by atoms with Crippen LogP contribution in [-0.2, 0) is 9.47 Å². The van der Waals surface area contributed by atoms with Gasteiger partial charge in [0, 0.05) is 6.04 Å². The molecule has 0 amide bonds. The number of nitrogens with two attached hydrogens (primary N) is 1. The van der Waals surface area contributed by atoms with Crippen LogP contribution in [0.5, 0.6) is 0 Å². The second-order valence-corrected chi connectivity index (χ2v) is 4.27. The lowest BCUT2D eigenvalue weighted by Gasteiger charge is -2.19. The van der Waals surface area contributed by atoms with Gasteiger partial charge in [0.1, 0.15) is 5.60 Å². The number of carbonyl (C=O) groups is 1. The summed E-state index contributed by atoms with van der Waals surface area (Å²) < 4.78 is 9.80. The molecule has 0 aliphatic rings. The van der Waals surface area contributed by atoms with Crippen LogP contribution in [0.2, 0.25) is 0 Å². The number of hydrogen-bond acceptors (Lipinski definition) is 4. The Kier molecular flexibility index (Phi) is 5.53. The molecular formula is C10H21NO3. The molecule has 0 bridgehead atoms. The summed E-state index contributed by atoms with van der Waals surface area (Å²) in [5, 5.41) is 0. The lowest BCUT2D eigenvalue weighted by Crippen LogP contribution is -2.26. The van der Waals surface area contributed by atoms with E-state index in [2.05, 4.69) is 0 Å². The van der Waals surface area contributed by atoms with E-state index in [9.17, 15) is 4.79 Å². The predicted molar refractivity (Wildman–Crippen MR) is 55.1 cm³/mol. The van der Waals surface area contributed by atoms with E-state index < -0.39 is 11.8 Å². The Morgan fingerprint density at radius 2 is 2.00 bits per heavy atom. The SMILES string of the molecule is CCC(N)CCOC(=O)OC(C)(C)C. The Balaban J connectivity index is 3.55. The molecule has 14 heavy (non-hydrogen) atoms. The van der Waals surface area contributed by atoms with Gasteiger partial charge in [0.2, 0.25) is 0 Å². The van der Waals surface area contributed by atoms with Crippen LogP contribution in [0.15, 0.2) is 0 Å². The first-order valence-corrected chi connectivity index (χ1v) is 4.96. The summed E-state index contributed by atoms with van der Waals surface area (Å²) in [5.74, 6) is 0. The molecule has 0 fully saturated rings. The Hall–Kier alpha value is -0.770. The molecule has 0 aliphatic carbocycles. The summed E-state index contributed by atoms with van der Waals surface area (Å²) in [4.78, 5) is 11.0. The van der Waals surface area contributed by atoms with E-state index >= 15 is 0 Å². The van der Waals surface area contributed by atoms with Crippen molar-refractivity contribution in [2.45, 2.75) is 52.2 Å². The van der Waals surface area contributed by atoms with E-state index in [0.717, 1.165) is 6.42 Å². The van der Waals surface area contributed by atoms with E-state index in [4.69, 9.17) is 15.2 Å². The first-order chi connectivity index (χ1) is 6.35. The van der Waals surface area contributed by atoms with Gasteiger partial charge in [-0.15, -0.1) is 0 Å². The highest BCUT2D eigenvalue weighted by atomic mass is 16.7. The minimum Gasteiger partial charge on any atom is -0.434 e. The van der Waals surface area contributed by atoms with E-state index in [-0.39, 0.29) is 6.04 Å². The quantitative estimate of drug-likeness (QED) is 0.710. The Morgan fingerprint density at radius 1 is 1.43 bits per heavy atom. The molecule has 0 aromatic heterocycles. The third-order valence-corrected chi connectivity index (χ3v) is 1.62. The van der Waals surface area contributed by atoms with Gasteiger partial charge in [-0.25, -0.2) is 4.79 Å². The lowest BCUT2D eigenvalue weighted by atomic mass is 10.2. The van der Waals surface area contributed by atoms with Crippen LogP contribution in [0.1, 0.15) is 40.5 Å². The van der Waals surface area contributed by atoms with Crippen molar-refractivity contribution in [3.8, 4) is 0 Å². The maximum atomic E-state index is 11.0. The summed E-state index contributed by atoms with van der Waals surface area (Å²) in [6, 6.07) is 0.0948. The minimum absolute atomic E-state index is 0.0948. The maximum Gasteiger partial charge on any atom is 0.508 e. The number of ether oxygens (including phenoxy) is 2. The van der Waals surface area contributed by atoms with Crippen molar-refractivity contribution in [2.24, 2.45) is 5.73 Å². The predicted octanol–water partition coefficient (Wildman–Crippen LogP) is 2.07. The van der Waals surface area contributed by atoms with Crippen molar-refractivity contribution >= 4 is 6.16 Å². The first-order valence-electron chi connectivity index (χ1n) is 4.96.